The van der Waals surface area contributed by atoms with Gasteiger partial charge in [-0.1, -0.05) is 12.5 Å². The molecule has 0 N–H and O–H groups in total. The number of alkyl halides is 2. The minimum absolute atomic E-state index is 0.366. The summed E-state index contributed by atoms with van der Waals surface area (Å²) in [4.78, 5) is 1.38. The molecule has 1 heterocycles. The van der Waals surface area contributed by atoms with Crippen LogP contribution in [0.1, 0.15) is 6.92 Å². The van der Waals surface area contributed by atoms with Gasteiger partial charge in [0, 0.05) is 17.5 Å². The van der Waals surface area contributed by atoms with E-state index >= 15 is 0 Å². The number of nitrogens with zero attached hydrogens (tertiary/aromatic N) is 1. The highest BCUT2D eigenvalue weighted by Crippen LogP contribution is 2.22. The SMILES string of the molecule is C#CC1=CC(C)=CN(CC(F)F)C1=C. The van der Waals surface area contributed by atoms with Crippen molar-refractivity contribution in [3.63, 3.8) is 0 Å². The Bertz CT molecular complexity index is 345. The molecule has 0 aromatic rings. The first-order chi connectivity index (χ1) is 6.54. The lowest BCUT2D eigenvalue weighted by Gasteiger charge is -2.26. The van der Waals surface area contributed by atoms with Crippen molar-refractivity contribution >= 4 is 0 Å². The van der Waals surface area contributed by atoms with Gasteiger partial charge < -0.3 is 4.90 Å². The normalized spacial score (nSPS) is 16.5. The fraction of sp³-hybridized carbons (Fsp3) is 0.273. The predicted molar refractivity (Wildman–Crippen MR) is 52.5 cm³/mol. The smallest absolute Gasteiger partial charge is 0.256 e. The van der Waals surface area contributed by atoms with Crippen LogP contribution in [0, 0.1) is 12.3 Å². The highest BCUT2D eigenvalue weighted by atomic mass is 19.3. The standard InChI is InChI=1S/C11H11F2N/c1-4-10-5-8(2)6-14(9(10)3)7-11(12)13/h1,5-6,11H,3,7H2,2H3. The summed E-state index contributed by atoms with van der Waals surface area (Å²) in [5, 5.41) is 0. The Morgan fingerprint density at radius 2 is 2.29 bits per heavy atom. The van der Waals surface area contributed by atoms with Gasteiger partial charge in [-0.3, -0.25) is 0 Å². The average Bonchev–Trinajstić information content (AvgIpc) is 2.09. The van der Waals surface area contributed by atoms with Crippen molar-refractivity contribution in [1.82, 2.24) is 4.90 Å². The second-order valence-corrected chi connectivity index (χ2v) is 3.07. The summed E-state index contributed by atoms with van der Waals surface area (Å²) >= 11 is 0. The van der Waals surface area contributed by atoms with Gasteiger partial charge in [-0.2, -0.15) is 0 Å². The Kier molecular flexibility index (Phi) is 3.08. The van der Waals surface area contributed by atoms with Crippen LogP contribution in [-0.2, 0) is 0 Å². The van der Waals surface area contributed by atoms with Crippen LogP contribution in [0.3, 0.4) is 0 Å². The maximum absolute atomic E-state index is 12.2. The van der Waals surface area contributed by atoms with E-state index in [0.717, 1.165) is 5.57 Å². The van der Waals surface area contributed by atoms with Gasteiger partial charge in [-0.05, 0) is 18.6 Å². The third-order valence-corrected chi connectivity index (χ3v) is 1.88. The first-order valence-corrected chi connectivity index (χ1v) is 4.15. The van der Waals surface area contributed by atoms with Crippen LogP contribution >= 0.6 is 0 Å². The summed E-state index contributed by atoms with van der Waals surface area (Å²) in [6.07, 6.45) is 6.21. The molecule has 0 aliphatic carbocycles. The Balaban J connectivity index is 2.88. The van der Waals surface area contributed by atoms with Crippen molar-refractivity contribution < 1.29 is 8.78 Å². The van der Waals surface area contributed by atoms with E-state index in [2.05, 4.69) is 12.5 Å². The molecule has 14 heavy (non-hydrogen) atoms. The number of halogens is 2. The highest BCUT2D eigenvalue weighted by molar-refractivity contribution is 5.49. The maximum Gasteiger partial charge on any atom is 0.256 e. The Hall–Kier alpha value is -1.56. The van der Waals surface area contributed by atoms with E-state index in [9.17, 15) is 8.78 Å². The molecule has 0 aromatic heterocycles. The minimum Gasteiger partial charge on any atom is -0.341 e. The van der Waals surface area contributed by atoms with Gasteiger partial charge in [0.25, 0.3) is 6.43 Å². The van der Waals surface area contributed by atoms with Crippen LogP contribution in [0.4, 0.5) is 8.78 Å². The van der Waals surface area contributed by atoms with Crippen molar-refractivity contribution in [3.05, 3.63) is 35.7 Å². The van der Waals surface area contributed by atoms with Crippen molar-refractivity contribution in [3.8, 4) is 12.3 Å². The quantitative estimate of drug-likeness (QED) is 0.612. The molecule has 0 unspecified atom stereocenters. The summed E-state index contributed by atoms with van der Waals surface area (Å²) in [5.41, 5.74) is 1.87. The molecule has 0 atom stereocenters. The number of terminal acetylenes is 1. The summed E-state index contributed by atoms with van der Waals surface area (Å²) in [5.74, 6) is 2.42. The molecule has 0 aromatic carbocycles. The van der Waals surface area contributed by atoms with Crippen molar-refractivity contribution in [2.24, 2.45) is 0 Å². The zero-order valence-corrected chi connectivity index (χ0v) is 7.93. The molecular formula is C11H11F2N. The zero-order chi connectivity index (χ0) is 10.7. The van der Waals surface area contributed by atoms with E-state index in [1.165, 1.54) is 4.90 Å². The van der Waals surface area contributed by atoms with Crippen molar-refractivity contribution in [2.45, 2.75) is 13.3 Å². The van der Waals surface area contributed by atoms with Crippen LogP contribution in [0.15, 0.2) is 35.7 Å². The molecule has 0 bridgehead atoms. The first kappa shape index (κ1) is 10.5. The van der Waals surface area contributed by atoms with E-state index in [-0.39, 0.29) is 6.54 Å². The van der Waals surface area contributed by atoms with Crippen molar-refractivity contribution in [1.29, 1.82) is 0 Å². The zero-order valence-electron chi connectivity index (χ0n) is 7.93. The summed E-state index contributed by atoms with van der Waals surface area (Å²) < 4.78 is 24.3. The Morgan fingerprint density at radius 1 is 1.64 bits per heavy atom. The average molecular weight is 195 g/mol. The second kappa shape index (κ2) is 4.10. The summed E-state index contributed by atoms with van der Waals surface area (Å²) in [7, 11) is 0. The lowest BCUT2D eigenvalue weighted by Crippen LogP contribution is -2.25. The van der Waals surface area contributed by atoms with E-state index in [0.29, 0.717) is 11.3 Å². The largest absolute Gasteiger partial charge is 0.341 e. The Labute approximate surface area is 82.4 Å². The summed E-state index contributed by atoms with van der Waals surface area (Å²) in [6, 6.07) is 0. The molecule has 1 aliphatic heterocycles. The van der Waals surface area contributed by atoms with E-state index in [1.807, 2.05) is 6.92 Å². The van der Waals surface area contributed by atoms with Crippen LogP contribution in [0.2, 0.25) is 0 Å². The molecule has 1 nitrogen and oxygen atoms in total. The molecule has 0 fully saturated rings. The van der Waals surface area contributed by atoms with E-state index in [1.54, 1.807) is 12.3 Å². The molecule has 0 amide bonds. The van der Waals surface area contributed by atoms with Gasteiger partial charge >= 0.3 is 0 Å². The predicted octanol–water partition coefficient (Wildman–Crippen LogP) is 2.54. The Morgan fingerprint density at radius 3 is 2.79 bits per heavy atom. The van der Waals surface area contributed by atoms with Gasteiger partial charge in [0.2, 0.25) is 0 Å². The van der Waals surface area contributed by atoms with Gasteiger partial charge in [-0.25, -0.2) is 8.78 Å². The van der Waals surface area contributed by atoms with E-state index < -0.39 is 6.43 Å². The molecule has 74 valence electrons. The van der Waals surface area contributed by atoms with E-state index in [4.69, 9.17) is 6.42 Å². The van der Waals surface area contributed by atoms with Gasteiger partial charge in [0.15, 0.2) is 0 Å². The first-order valence-electron chi connectivity index (χ1n) is 4.15. The fourth-order valence-corrected chi connectivity index (χ4v) is 1.26. The van der Waals surface area contributed by atoms with Gasteiger partial charge in [0.1, 0.15) is 0 Å². The van der Waals surface area contributed by atoms with Crippen LogP contribution in [0.25, 0.3) is 0 Å². The van der Waals surface area contributed by atoms with Crippen molar-refractivity contribution in [2.75, 3.05) is 6.54 Å². The number of hydrogen-bond donors (Lipinski definition) is 0. The molecule has 0 saturated heterocycles. The topological polar surface area (TPSA) is 3.24 Å². The molecule has 3 heteroatoms. The number of hydrogen-bond acceptors (Lipinski definition) is 1. The molecule has 0 radical (unpaired) electrons. The fourth-order valence-electron chi connectivity index (χ4n) is 1.26. The minimum atomic E-state index is -2.40. The number of allylic oxidation sites excluding steroid dienone is 3. The maximum atomic E-state index is 12.2. The molecular weight excluding hydrogens is 184 g/mol. The van der Waals surface area contributed by atoms with Gasteiger partial charge in [0.05, 0.1) is 6.54 Å². The van der Waals surface area contributed by atoms with Crippen LogP contribution < -0.4 is 0 Å². The lowest BCUT2D eigenvalue weighted by atomic mass is 10.1. The molecule has 1 rings (SSSR count). The number of rotatable bonds is 2. The molecule has 0 saturated carbocycles. The molecule has 1 aliphatic rings. The lowest BCUT2D eigenvalue weighted by molar-refractivity contribution is 0.120. The van der Waals surface area contributed by atoms with Crippen LogP contribution in [-0.4, -0.2) is 17.9 Å². The highest BCUT2D eigenvalue weighted by Gasteiger charge is 2.17. The third kappa shape index (κ3) is 2.23. The van der Waals surface area contributed by atoms with Gasteiger partial charge in [-0.15, -0.1) is 6.42 Å². The van der Waals surface area contributed by atoms with Crippen LogP contribution in [0.5, 0.6) is 0 Å². The molecule has 0 spiro atoms. The summed E-state index contributed by atoms with van der Waals surface area (Å²) in [6.45, 7) is 5.11. The second-order valence-electron chi connectivity index (χ2n) is 3.07. The third-order valence-electron chi connectivity index (χ3n) is 1.88. The monoisotopic (exact) mass is 195 g/mol.